The number of amides is 1. The van der Waals surface area contributed by atoms with E-state index >= 15 is 0 Å². The second-order valence-electron chi connectivity index (χ2n) is 7.84. The summed E-state index contributed by atoms with van der Waals surface area (Å²) in [4.78, 5) is 25.7. The lowest BCUT2D eigenvalue weighted by Gasteiger charge is -2.30. The van der Waals surface area contributed by atoms with E-state index in [1.807, 2.05) is 29.2 Å². The van der Waals surface area contributed by atoms with E-state index in [4.69, 9.17) is 9.47 Å². The highest BCUT2D eigenvalue weighted by molar-refractivity contribution is 5.98. The van der Waals surface area contributed by atoms with E-state index in [1.54, 1.807) is 19.2 Å². The first-order valence-corrected chi connectivity index (χ1v) is 10.9. The van der Waals surface area contributed by atoms with Crippen LogP contribution in [0, 0.1) is 0 Å². The van der Waals surface area contributed by atoms with Crippen molar-refractivity contribution in [2.24, 2.45) is 0 Å². The van der Waals surface area contributed by atoms with Gasteiger partial charge in [0.05, 0.1) is 13.7 Å². The van der Waals surface area contributed by atoms with Crippen molar-refractivity contribution in [3.05, 3.63) is 58.7 Å². The summed E-state index contributed by atoms with van der Waals surface area (Å²) < 4.78 is 11.5. The average molecular weight is 425 g/mol. The van der Waals surface area contributed by atoms with Crippen LogP contribution in [0.25, 0.3) is 0 Å². The van der Waals surface area contributed by atoms with E-state index in [0.29, 0.717) is 48.7 Å². The molecule has 0 fully saturated rings. The van der Waals surface area contributed by atoms with Crippen LogP contribution in [0.15, 0.2) is 36.4 Å². The molecule has 0 saturated carbocycles. The lowest BCUT2D eigenvalue weighted by Crippen LogP contribution is -2.39. The Morgan fingerprint density at radius 1 is 1.10 bits per heavy atom. The highest BCUT2D eigenvalue weighted by atomic mass is 16.5. The third kappa shape index (κ3) is 5.78. The number of methoxy groups -OCH3 is 1. The first-order chi connectivity index (χ1) is 15.0. The van der Waals surface area contributed by atoms with Crippen molar-refractivity contribution in [1.82, 2.24) is 4.90 Å². The fourth-order valence-electron chi connectivity index (χ4n) is 3.89. The molecule has 0 atom stereocenters. The summed E-state index contributed by atoms with van der Waals surface area (Å²) >= 11 is 0. The molecule has 0 radical (unpaired) electrons. The van der Waals surface area contributed by atoms with Crippen molar-refractivity contribution < 1.29 is 24.2 Å². The van der Waals surface area contributed by atoms with Crippen LogP contribution in [-0.2, 0) is 24.1 Å². The monoisotopic (exact) mass is 424 g/mol. The zero-order chi connectivity index (χ0) is 22.2. The van der Waals surface area contributed by atoms with Crippen LogP contribution in [0.4, 0.5) is 0 Å². The molecule has 0 unspecified atom stereocenters. The third-order valence-electron chi connectivity index (χ3n) is 5.63. The van der Waals surface area contributed by atoms with Crippen molar-refractivity contribution in [1.29, 1.82) is 0 Å². The maximum absolute atomic E-state index is 13.1. The molecule has 0 saturated heterocycles. The van der Waals surface area contributed by atoms with Crippen LogP contribution in [0.1, 0.15) is 53.2 Å². The summed E-state index contributed by atoms with van der Waals surface area (Å²) in [6, 6.07) is 11.1. The second kappa shape index (κ2) is 10.8. The van der Waals surface area contributed by atoms with Crippen molar-refractivity contribution in [2.45, 2.75) is 45.4 Å². The van der Waals surface area contributed by atoms with Crippen LogP contribution in [0.2, 0.25) is 0 Å². The Kier molecular flexibility index (Phi) is 7.93. The lowest BCUT2D eigenvalue weighted by atomic mass is 9.96. The van der Waals surface area contributed by atoms with Crippen LogP contribution in [0.5, 0.6) is 11.5 Å². The minimum Gasteiger partial charge on any atom is -0.550 e. The number of hydrogen-bond acceptors (Lipinski definition) is 5. The first-order valence-electron chi connectivity index (χ1n) is 10.9. The largest absolute Gasteiger partial charge is 0.550 e. The van der Waals surface area contributed by atoms with Gasteiger partial charge in [0.1, 0.15) is 0 Å². The number of carboxylic acids is 1. The summed E-state index contributed by atoms with van der Waals surface area (Å²) in [7, 11) is 1.62. The Morgan fingerprint density at radius 3 is 2.52 bits per heavy atom. The Bertz CT molecular complexity index is 907. The maximum atomic E-state index is 13.1. The van der Waals surface area contributed by atoms with E-state index in [-0.39, 0.29) is 12.3 Å². The molecule has 0 spiro atoms. The van der Waals surface area contributed by atoms with Gasteiger partial charge in [-0.15, -0.1) is 0 Å². The Balaban J connectivity index is 1.66. The summed E-state index contributed by atoms with van der Waals surface area (Å²) in [5.41, 5.74) is 3.40. The number of ether oxygens (including phenoxy) is 2. The zero-order valence-corrected chi connectivity index (χ0v) is 18.3. The molecule has 31 heavy (non-hydrogen) atoms. The Hall–Kier alpha value is -3.02. The number of fused-ring (bicyclic) bond motifs is 1. The molecule has 2 aromatic rings. The normalized spacial score (nSPS) is 13.1. The van der Waals surface area contributed by atoms with Gasteiger partial charge in [0.25, 0.3) is 5.91 Å². The molecule has 1 amide bonds. The molecule has 6 nitrogen and oxygen atoms in total. The summed E-state index contributed by atoms with van der Waals surface area (Å²) in [5, 5.41) is 10.7. The molecule has 166 valence electrons. The number of carbonyl (C=O) groups excluding carboxylic acids is 2. The molecule has 0 aromatic heterocycles. The molecule has 3 rings (SSSR count). The highest BCUT2D eigenvalue weighted by Crippen LogP contribution is 2.36. The van der Waals surface area contributed by atoms with Gasteiger partial charge in [0.15, 0.2) is 11.5 Å². The number of aliphatic carboxylic acids is 1. The van der Waals surface area contributed by atoms with E-state index in [2.05, 4.69) is 6.92 Å². The van der Waals surface area contributed by atoms with Crippen molar-refractivity contribution in [2.75, 3.05) is 26.8 Å². The van der Waals surface area contributed by atoms with Crippen LogP contribution < -0.4 is 14.6 Å². The predicted molar refractivity (Wildman–Crippen MR) is 116 cm³/mol. The van der Waals surface area contributed by atoms with Gasteiger partial charge in [0.2, 0.25) is 0 Å². The minimum atomic E-state index is -1.09. The molecule has 1 aliphatic heterocycles. The van der Waals surface area contributed by atoms with Gasteiger partial charge in [-0.3, -0.25) is 4.79 Å². The number of hydrogen-bond donors (Lipinski definition) is 0. The second-order valence-corrected chi connectivity index (χ2v) is 7.84. The highest BCUT2D eigenvalue weighted by Gasteiger charge is 2.28. The summed E-state index contributed by atoms with van der Waals surface area (Å²) in [6.45, 7) is 4.01. The predicted octanol–water partition coefficient (Wildman–Crippen LogP) is 2.80. The molecular formula is C25H30NO5-. The molecule has 0 bridgehead atoms. The van der Waals surface area contributed by atoms with Gasteiger partial charge in [-0.05, 0) is 42.5 Å². The van der Waals surface area contributed by atoms with Crippen molar-refractivity contribution >= 4 is 11.9 Å². The Labute approximate surface area is 183 Å². The number of carbonyl (C=O) groups is 2. The maximum Gasteiger partial charge on any atom is 0.254 e. The molecule has 1 aliphatic rings. The average Bonchev–Trinajstić information content (AvgIpc) is 2.77. The van der Waals surface area contributed by atoms with Gasteiger partial charge >= 0.3 is 0 Å². The van der Waals surface area contributed by atoms with Gasteiger partial charge in [-0.1, -0.05) is 44.0 Å². The van der Waals surface area contributed by atoms with Crippen molar-refractivity contribution in [3.63, 3.8) is 0 Å². The molecule has 0 N–H and O–H groups in total. The number of unbranched alkanes of at least 4 members (excludes halogenated alkanes) is 2. The third-order valence-corrected chi connectivity index (χ3v) is 5.63. The Morgan fingerprint density at radius 2 is 1.84 bits per heavy atom. The SMILES string of the molecule is CCCCCOc1c(OC)ccc2c1CCN(CCc1ccc(CC(=O)[O-])cc1)C2=O. The molecule has 0 aliphatic carbocycles. The number of benzene rings is 2. The van der Waals surface area contributed by atoms with Crippen molar-refractivity contribution in [3.8, 4) is 11.5 Å². The van der Waals surface area contributed by atoms with Gasteiger partial charge in [0, 0.05) is 36.6 Å². The topological polar surface area (TPSA) is 78.9 Å². The van der Waals surface area contributed by atoms with E-state index < -0.39 is 5.97 Å². The van der Waals surface area contributed by atoms with E-state index in [0.717, 1.165) is 36.8 Å². The number of nitrogens with zero attached hydrogens (tertiary/aromatic N) is 1. The van der Waals surface area contributed by atoms with Crippen LogP contribution in [0.3, 0.4) is 0 Å². The van der Waals surface area contributed by atoms with Crippen LogP contribution in [-0.4, -0.2) is 43.6 Å². The summed E-state index contributed by atoms with van der Waals surface area (Å²) in [6.07, 6.45) is 4.56. The zero-order valence-electron chi connectivity index (χ0n) is 18.3. The van der Waals surface area contributed by atoms with Gasteiger partial charge in [-0.25, -0.2) is 0 Å². The smallest absolute Gasteiger partial charge is 0.254 e. The van der Waals surface area contributed by atoms with Crippen LogP contribution >= 0.6 is 0 Å². The number of carboxylic acid groups (broad SMARTS) is 1. The fourth-order valence-corrected chi connectivity index (χ4v) is 3.89. The minimum absolute atomic E-state index is 0.0101. The van der Waals surface area contributed by atoms with E-state index in [1.165, 1.54) is 0 Å². The lowest BCUT2D eigenvalue weighted by molar-refractivity contribution is -0.304. The quantitative estimate of drug-likeness (QED) is 0.518. The molecular weight excluding hydrogens is 394 g/mol. The molecule has 6 heteroatoms. The number of rotatable bonds is 11. The fraction of sp³-hybridized carbons (Fsp3) is 0.440. The summed E-state index contributed by atoms with van der Waals surface area (Å²) in [5.74, 6) is 0.298. The van der Waals surface area contributed by atoms with Gasteiger partial charge < -0.3 is 24.3 Å². The van der Waals surface area contributed by atoms with Gasteiger partial charge in [-0.2, -0.15) is 0 Å². The molecule has 1 heterocycles. The van der Waals surface area contributed by atoms with E-state index in [9.17, 15) is 14.7 Å². The first kappa shape index (κ1) is 22.7. The standard InChI is InChI=1S/C25H31NO5/c1-3-4-5-16-31-24-20-13-15-26(25(29)21(20)10-11-22(24)30-2)14-12-18-6-8-19(9-7-18)17-23(27)28/h6-11H,3-5,12-17H2,1-2H3,(H,27,28)/p-1. The molecule has 2 aromatic carbocycles.